The van der Waals surface area contributed by atoms with E-state index in [0.717, 1.165) is 28.3 Å². The Labute approximate surface area is 124 Å². The number of hydrogen-bond acceptors (Lipinski definition) is 3. The van der Waals surface area contributed by atoms with E-state index in [2.05, 4.69) is 65.5 Å². The second kappa shape index (κ2) is 5.44. The van der Waals surface area contributed by atoms with Crippen LogP contribution in [0.3, 0.4) is 0 Å². The van der Waals surface area contributed by atoms with Gasteiger partial charge in [0, 0.05) is 37.0 Å². The molecule has 1 heterocycles. The van der Waals surface area contributed by atoms with Crippen molar-refractivity contribution < 1.29 is 4.52 Å². The van der Waals surface area contributed by atoms with E-state index in [1.807, 2.05) is 20.2 Å². The highest BCUT2D eigenvalue weighted by Gasteiger charge is 2.08. The molecule has 0 unspecified atom stereocenters. The monoisotopic (exact) mass is 278 g/mol. The van der Waals surface area contributed by atoms with Crippen LogP contribution in [0.5, 0.6) is 0 Å². The van der Waals surface area contributed by atoms with Gasteiger partial charge in [0.15, 0.2) is 5.76 Å². The molecule has 3 aromatic rings. The number of anilines is 1. The molecule has 0 amide bonds. The molecule has 0 saturated heterocycles. The fourth-order valence-electron chi connectivity index (χ4n) is 2.20. The van der Waals surface area contributed by atoms with Crippen LogP contribution in [0.15, 0.2) is 59.1 Å². The van der Waals surface area contributed by atoms with Gasteiger partial charge in [0.2, 0.25) is 0 Å². The van der Waals surface area contributed by atoms with E-state index < -0.39 is 0 Å². The second-order valence-electron chi connectivity index (χ2n) is 5.38. The van der Waals surface area contributed by atoms with Gasteiger partial charge in [-0.05, 0) is 31.2 Å². The van der Waals surface area contributed by atoms with E-state index in [1.165, 1.54) is 5.56 Å². The summed E-state index contributed by atoms with van der Waals surface area (Å²) in [5, 5.41) is 4.16. The number of aryl methyl sites for hydroxylation is 1. The lowest BCUT2D eigenvalue weighted by Crippen LogP contribution is -2.07. The zero-order valence-electron chi connectivity index (χ0n) is 12.5. The summed E-state index contributed by atoms with van der Waals surface area (Å²) < 4.78 is 5.47. The number of aromatic nitrogens is 1. The average Bonchev–Trinajstić information content (AvgIpc) is 2.98. The molecule has 3 rings (SSSR count). The lowest BCUT2D eigenvalue weighted by molar-refractivity contribution is 0.435. The highest BCUT2D eigenvalue weighted by atomic mass is 16.5. The average molecular weight is 278 g/mol. The van der Waals surface area contributed by atoms with Crippen molar-refractivity contribution in [3.63, 3.8) is 0 Å². The van der Waals surface area contributed by atoms with Crippen LogP contribution < -0.4 is 4.90 Å². The van der Waals surface area contributed by atoms with Crippen LogP contribution in [0.2, 0.25) is 0 Å². The van der Waals surface area contributed by atoms with Gasteiger partial charge in [-0.2, -0.15) is 0 Å². The molecule has 21 heavy (non-hydrogen) atoms. The first-order chi connectivity index (χ1) is 10.1. The molecule has 0 aliphatic heterocycles. The number of rotatable bonds is 3. The Bertz CT molecular complexity index is 725. The maximum atomic E-state index is 5.47. The first kappa shape index (κ1) is 13.4. The van der Waals surface area contributed by atoms with Crippen molar-refractivity contribution >= 4 is 5.69 Å². The van der Waals surface area contributed by atoms with E-state index in [4.69, 9.17) is 4.52 Å². The molecule has 106 valence electrons. The molecule has 0 bridgehead atoms. The summed E-state index contributed by atoms with van der Waals surface area (Å²) in [4.78, 5) is 2.07. The van der Waals surface area contributed by atoms with Gasteiger partial charge in [-0.1, -0.05) is 35.0 Å². The van der Waals surface area contributed by atoms with Gasteiger partial charge in [-0.15, -0.1) is 0 Å². The van der Waals surface area contributed by atoms with Gasteiger partial charge in [0.1, 0.15) is 5.69 Å². The second-order valence-corrected chi connectivity index (χ2v) is 5.38. The lowest BCUT2D eigenvalue weighted by atomic mass is 10.1. The maximum absolute atomic E-state index is 5.47. The van der Waals surface area contributed by atoms with Crippen LogP contribution in [-0.2, 0) is 0 Å². The SMILES string of the molecule is Cc1ccc(-c2cc(-c3ccc(N(C)C)cc3)on2)cc1. The van der Waals surface area contributed by atoms with Crippen molar-refractivity contribution in [2.24, 2.45) is 0 Å². The molecule has 3 nitrogen and oxygen atoms in total. The Morgan fingerprint density at radius 3 is 2.10 bits per heavy atom. The highest BCUT2D eigenvalue weighted by Crippen LogP contribution is 2.27. The van der Waals surface area contributed by atoms with Crippen LogP contribution in [0.4, 0.5) is 5.69 Å². The Hall–Kier alpha value is -2.55. The van der Waals surface area contributed by atoms with Crippen LogP contribution >= 0.6 is 0 Å². The quantitative estimate of drug-likeness (QED) is 0.712. The van der Waals surface area contributed by atoms with E-state index in [1.54, 1.807) is 0 Å². The number of nitrogens with zero attached hydrogens (tertiary/aromatic N) is 2. The van der Waals surface area contributed by atoms with Gasteiger partial charge in [-0.3, -0.25) is 0 Å². The van der Waals surface area contributed by atoms with Crippen molar-refractivity contribution in [1.29, 1.82) is 0 Å². The minimum Gasteiger partial charge on any atom is -0.378 e. The van der Waals surface area contributed by atoms with Crippen LogP contribution in [-0.4, -0.2) is 19.3 Å². The van der Waals surface area contributed by atoms with Crippen molar-refractivity contribution in [2.75, 3.05) is 19.0 Å². The van der Waals surface area contributed by atoms with Crippen molar-refractivity contribution in [2.45, 2.75) is 6.92 Å². The van der Waals surface area contributed by atoms with E-state index in [0.29, 0.717) is 0 Å². The molecular formula is C18H18N2O. The highest BCUT2D eigenvalue weighted by molar-refractivity contribution is 5.68. The Morgan fingerprint density at radius 2 is 1.48 bits per heavy atom. The third-order valence-electron chi connectivity index (χ3n) is 3.53. The molecule has 0 atom stereocenters. The van der Waals surface area contributed by atoms with E-state index in [9.17, 15) is 0 Å². The minimum absolute atomic E-state index is 0.788. The predicted octanol–water partition coefficient (Wildman–Crippen LogP) is 4.38. The van der Waals surface area contributed by atoms with Gasteiger partial charge in [0.05, 0.1) is 0 Å². The number of hydrogen-bond donors (Lipinski definition) is 0. The Morgan fingerprint density at radius 1 is 0.857 bits per heavy atom. The van der Waals surface area contributed by atoms with Crippen molar-refractivity contribution in [3.05, 3.63) is 60.2 Å². The Balaban J connectivity index is 1.89. The summed E-state index contributed by atoms with van der Waals surface area (Å²) in [5.74, 6) is 0.788. The normalized spacial score (nSPS) is 10.6. The maximum Gasteiger partial charge on any atom is 0.167 e. The molecule has 0 aliphatic carbocycles. The first-order valence-corrected chi connectivity index (χ1v) is 6.95. The molecule has 0 fully saturated rings. The van der Waals surface area contributed by atoms with Crippen LogP contribution in [0, 0.1) is 6.92 Å². The third-order valence-corrected chi connectivity index (χ3v) is 3.53. The summed E-state index contributed by atoms with van der Waals surface area (Å²) in [6, 6.07) is 18.5. The van der Waals surface area contributed by atoms with Crippen LogP contribution in [0.25, 0.3) is 22.6 Å². The largest absolute Gasteiger partial charge is 0.378 e. The predicted molar refractivity (Wildman–Crippen MR) is 86.4 cm³/mol. The fraction of sp³-hybridized carbons (Fsp3) is 0.167. The Kier molecular flexibility index (Phi) is 3.48. The molecule has 0 saturated carbocycles. The van der Waals surface area contributed by atoms with E-state index >= 15 is 0 Å². The smallest absolute Gasteiger partial charge is 0.167 e. The van der Waals surface area contributed by atoms with Gasteiger partial charge >= 0.3 is 0 Å². The van der Waals surface area contributed by atoms with Crippen LogP contribution in [0.1, 0.15) is 5.56 Å². The summed E-state index contributed by atoms with van der Waals surface area (Å²) in [6.45, 7) is 2.07. The number of benzene rings is 2. The molecule has 0 radical (unpaired) electrons. The summed E-state index contributed by atoms with van der Waals surface area (Å²) in [6.07, 6.45) is 0. The van der Waals surface area contributed by atoms with Gasteiger partial charge in [0.25, 0.3) is 0 Å². The zero-order chi connectivity index (χ0) is 14.8. The molecule has 3 heteroatoms. The van der Waals surface area contributed by atoms with E-state index in [-0.39, 0.29) is 0 Å². The van der Waals surface area contributed by atoms with Crippen molar-refractivity contribution in [3.8, 4) is 22.6 Å². The van der Waals surface area contributed by atoms with Gasteiger partial charge in [-0.25, -0.2) is 0 Å². The molecule has 0 spiro atoms. The standard InChI is InChI=1S/C18H18N2O/c1-13-4-6-14(7-5-13)17-12-18(21-19-17)15-8-10-16(11-9-15)20(2)3/h4-12H,1-3H3. The molecule has 1 aromatic heterocycles. The van der Waals surface area contributed by atoms with Gasteiger partial charge < -0.3 is 9.42 Å². The first-order valence-electron chi connectivity index (χ1n) is 6.95. The summed E-state index contributed by atoms with van der Waals surface area (Å²) >= 11 is 0. The summed E-state index contributed by atoms with van der Waals surface area (Å²) in [5.41, 5.74) is 5.37. The molecular weight excluding hydrogens is 260 g/mol. The lowest BCUT2D eigenvalue weighted by Gasteiger charge is -2.11. The molecule has 0 aliphatic rings. The summed E-state index contributed by atoms with van der Waals surface area (Å²) in [7, 11) is 4.05. The fourth-order valence-corrected chi connectivity index (χ4v) is 2.20. The van der Waals surface area contributed by atoms with Crippen molar-refractivity contribution in [1.82, 2.24) is 5.16 Å². The zero-order valence-corrected chi connectivity index (χ0v) is 12.5. The topological polar surface area (TPSA) is 29.3 Å². The third kappa shape index (κ3) is 2.82. The molecule has 2 aromatic carbocycles. The molecule has 0 N–H and O–H groups in total. The minimum atomic E-state index is 0.788.